The molecule has 1 aliphatic rings. The van der Waals surface area contributed by atoms with Gasteiger partial charge in [0.25, 0.3) is 0 Å². The first-order chi connectivity index (χ1) is 9.95. The van der Waals surface area contributed by atoms with E-state index in [-0.39, 0.29) is 23.6 Å². The minimum atomic E-state index is -0.478. The van der Waals surface area contributed by atoms with Crippen LogP contribution in [0.2, 0.25) is 10.2 Å². The molecule has 5 nitrogen and oxygen atoms in total. The van der Waals surface area contributed by atoms with Crippen LogP contribution in [-0.2, 0) is 9.47 Å². The number of ether oxygens (including phenoxy) is 2. The van der Waals surface area contributed by atoms with Gasteiger partial charge in [0.1, 0.15) is 23.6 Å². The van der Waals surface area contributed by atoms with E-state index in [4.69, 9.17) is 32.7 Å². The Morgan fingerprint density at radius 3 is 2.95 bits per heavy atom. The lowest BCUT2D eigenvalue weighted by molar-refractivity contribution is -0.0613. The third-order valence-corrected chi connectivity index (χ3v) is 3.88. The Bertz CT molecular complexity index is 471. The smallest absolute Gasteiger partial charge is 0.354 e. The monoisotopic (exact) mass is 334 g/mol. The zero-order chi connectivity index (χ0) is 15.4. The molecule has 1 atom stereocenters. The standard InChI is InChI=1S/C14H20Cl2N2O3/c1-9(2)6-18-3-4-20-10(7-18)8-21-14(19)12-5-11(15)13(16)17-12/h5,9-10,17H,3-4,6-8H2,1-2H3. The van der Waals surface area contributed by atoms with Crippen LogP contribution < -0.4 is 0 Å². The zero-order valence-electron chi connectivity index (χ0n) is 12.2. The van der Waals surface area contributed by atoms with Gasteiger partial charge >= 0.3 is 5.97 Å². The summed E-state index contributed by atoms with van der Waals surface area (Å²) < 4.78 is 10.9. The normalized spacial score (nSPS) is 20.0. The van der Waals surface area contributed by atoms with Crippen molar-refractivity contribution < 1.29 is 14.3 Å². The number of aromatic nitrogens is 1. The van der Waals surface area contributed by atoms with Crippen molar-refractivity contribution in [2.75, 3.05) is 32.8 Å². The van der Waals surface area contributed by atoms with E-state index >= 15 is 0 Å². The molecule has 0 radical (unpaired) electrons. The summed E-state index contributed by atoms with van der Waals surface area (Å²) in [5.74, 6) is 0.128. The quantitative estimate of drug-likeness (QED) is 0.841. The highest BCUT2D eigenvalue weighted by molar-refractivity contribution is 6.41. The molecule has 1 unspecified atom stereocenters. The van der Waals surface area contributed by atoms with Crippen molar-refractivity contribution in [3.05, 3.63) is 21.9 Å². The lowest BCUT2D eigenvalue weighted by Crippen LogP contribution is -2.45. The fraction of sp³-hybridized carbons (Fsp3) is 0.643. The molecule has 1 fully saturated rings. The number of carbonyl (C=O) groups is 1. The number of rotatable bonds is 5. The number of hydrogen-bond donors (Lipinski definition) is 1. The average Bonchev–Trinajstić information content (AvgIpc) is 2.76. The summed E-state index contributed by atoms with van der Waals surface area (Å²) in [5, 5.41) is 0.543. The van der Waals surface area contributed by atoms with Crippen molar-refractivity contribution in [1.29, 1.82) is 0 Å². The lowest BCUT2D eigenvalue weighted by atomic mass is 10.2. The van der Waals surface area contributed by atoms with E-state index in [2.05, 4.69) is 23.7 Å². The van der Waals surface area contributed by atoms with Gasteiger partial charge in [-0.15, -0.1) is 0 Å². The number of aromatic amines is 1. The van der Waals surface area contributed by atoms with Crippen LogP contribution in [0.3, 0.4) is 0 Å². The predicted octanol–water partition coefficient (Wildman–Crippen LogP) is 2.84. The fourth-order valence-electron chi connectivity index (χ4n) is 2.32. The number of nitrogens with one attached hydrogen (secondary N) is 1. The predicted molar refractivity (Wildman–Crippen MR) is 82.1 cm³/mol. The third kappa shape index (κ3) is 4.88. The molecule has 0 aliphatic carbocycles. The van der Waals surface area contributed by atoms with Crippen molar-refractivity contribution in [3.63, 3.8) is 0 Å². The summed E-state index contributed by atoms with van der Waals surface area (Å²) in [6, 6.07) is 1.46. The number of esters is 1. The molecule has 118 valence electrons. The molecule has 21 heavy (non-hydrogen) atoms. The number of nitrogens with zero attached hydrogens (tertiary/aromatic N) is 1. The van der Waals surface area contributed by atoms with Gasteiger partial charge in [0.05, 0.1) is 11.6 Å². The molecule has 0 spiro atoms. The van der Waals surface area contributed by atoms with E-state index in [0.29, 0.717) is 17.5 Å². The van der Waals surface area contributed by atoms with E-state index < -0.39 is 5.97 Å². The minimum absolute atomic E-state index is 0.0950. The second-order valence-corrected chi connectivity index (χ2v) is 6.37. The Morgan fingerprint density at radius 1 is 1.57 bits per heavy atom. The number of morpholine rings is 1. The maximum absolute atomic E-state index is 11.9. The van der Waals surface area contributed by atoms with Crippen molar-refractivity contribution >= 4 is 29.2 Å². The van der Waals surface area contributed by atoms with Gasteiger partial charge in [-0.05, 0) is 12.0 Å². The molecule has 7 heteroatoms. The molecular weight excluding hydrogens is 315 g/mol. The number of halogens is 2. The Labute approximate surface area is 134 Å². The van der Waals surface area contributed by atoms with Crippen LogP contribution in [0, 0.1) is 5.92 Å². The van der Waals surface area contributed by atoms with Crippen LogP contribution in [0.15, 0.2) is 6.07 Å². The summed E-state index contributed by atoms with van der Waals surface area (Å²) in [6.07, 6.45) is -0.0950. The molecule has 1 aromatic rings. The molecular formula is C14H20Cl2N2O3. The van der Waals surface area contributed by atoms with Crippen molar-refractivity contribution in [1.82, 2.24) is 9.88 Å². The van der Waals surface area contributed by atoms with E-state index in [1.165, 1.54) is 6.07 Å². The summed E-state index contributed by atoms with van der Waals surface area (Å²) in [7, 11) is 0. The van der Waals surface area contributed by atoms with Crippen LogP contribution >= 0.6 is 23.2 Å². The molecule has 1 saturated heterocycles. The minimum Gasteiger partial charge on any atom is -0.458 e. The Hall–Kier alpha value is -0.750. The second kappa shape index (κ2) is 7.49. The molecule has 1 N–H and O–H groups in total. The molecule has 2 heterocycles. The maximum Gasteiger partial charge on any atom is 0.354 e. The second-order valence-electron chi connectivity index (χ2n) is 5.59. The molecule has 0 bridgehead atoms. The number of hydrogen-bond acceptors (Lipinski definition) is 4. The first-order valence-corrected chi connectivity index (χ1v) is 7.76. The summed E-state index contributed by atoms with van der Waals surface area (Å²) in [6.45, 7) is 7.97. The topological polar surface area (TPSA) is 54.6 Å². The SMILES string of the molecule is CC(C)CN1CCOC(COC(=O)c2cc(Cl)c(Cl)[nH]2)C1. The van der Waals surface area contributed by atoms with E-state index in [0.717, 1.165) is 19.6 Å². The van der Waals surface area contributed by atoms with Gasteiger partial charge in [-0.25, -0.2) is 4.79 Å². The highest BCUT2D eigenvalue weighted by Gasteiger charge is 2.23. The lowest BCUT2D eigenvalue weighted by Gasteiger charge is -2.33. The van der Waals surface area contributed by atoms with Gasteiger partial charge in [-0.3, -0.25) is 4.90 Å². The van der Waals surface area contributed by atoms with Crippen LogP contribution in [0.1, 0.15) is 24.3 Å². The largest absolute Gasteiger partial charge is 0.458 e. The third-order valence-electron chi connectivity index (χ3n) is 3.19. The van der Waals surface area contributed by atoms with E-state index in [9.17, 15) is 4.79 Å². The molecule has 0 saturated carbocycles. The van der Waals surface area contributed by atoms with Crippen LogP contribution in [-0.4, -0.2) is 54.8 Å². The molecule has 0 amide bonds. The van der Waals surface area contributed by atoms with E-state index in [1.807, 2.05) is 0 Å². The molecule has 1 aromatic heterocycles. The van der Waals surface area contributed by atoms with Gasteiger partial charge in [0, 0.05) is 19.6 Å². The van der Waals surface area contributed by atoms with Gasteiger partial charge in [0.15, 0.2) is 0 Å². The Morgan fingerprint density at radius 2 is 2.33 bits per heavy atom. The Balaban J connectivity index is 1.80. The highest BCUT2D eigenvalue weighted by atomic mass is 35.5. The van der Waals surface area contributed by atoms with Gasteiger partial charge < -0.3 is 14.5 Å². The van der Waals surface area contributed by atoms with E-state index in [1.54, 1.807) is 0 Å². The number of H-pyrrole nitrogens is 1. The van der Waals surface area contributed by atoms with Crippen molar-refractivity contribution in [2.45, 2.75) is 20.0 Å². The average molecular weight is 335 g/mol. The molecule has 0 aromatic carbocycles. The fourth-order valence-corrected chi connectivity index (χ4v) is 2.64. The molecule has 2 rings (SSSR count). The van der Waals surface area contributed by atoms with Crippen LogP contribution in [0.25, 0.3) is 0 Å². The maximum atomic E-state index is 11.9. The first-order valence-electron chi connectivity index (χ1n) is 7.00. The first kappa shape index (κ1) is 16.6. The van der Waals surface area contributed by atoms with Crippen LogP contribution in [0.5, 0.6) is 0 Å². The Kier molecular flexibility index (Phi) is 5.93. The summed E-state index contributed by atoms with van der Waals surface area (Å²) >= 11 is 11.6. The van der Waals surface area contributed by atoms with Gasteiger partial charge in [-0.2, -0.15) is 0 Å². The van der Waals surface area contributed by atoms with Gasteiger partial charge in [0.2, 0.25) is 0 Å². The van der Waals surface area contributed by atoms with Gasteiger partial charge in [-0.1, -0.05) is 37.0 Å². The summed E-state index contributed by atoms with van der Waals surface area (Å²) in [4.78, 5) is 16.9. The highest BCUT2D eigenvalue weighted by Crippen LogP contribution is 2.22. The molecule has 1 aliphatic heterocycles. The van der Waals surface area contributed by atoms with Crippen molar-refractivity contribution in [3.8, 4) is 0 Å². The number of carbonyl (C=O) groups excluding carboxylic acids is 1. The van der Waals surface area contributed by atoms with Crippen molar-refractivity contribution in [2.24, 2.45) is 5.92 Å². The summed E-state index contributed by atoms with van der Waals surface area (Å²) in [5.41, 5.74) is 0.250. The van der Waals surface area contributed by atoms with Crippen LogP contribution in [0.4, 0.5) is 0 Å². The zero-order valence-corrected chi connectivity index (χ0v) is 13.7.